The highest BCUT2D eigenvalue weighted by molar-refractivity contribution is 5.94. The van der Waals surface area contributed by atoms with Gasteiger partial charge in [0.05, 0.1) is 12.3 Å². The van der Waals surface area contributed by atoms with Gasteiger partial charge < -0.3 is 15.1 Å². The first-order valence-corrected chi connectivity index (χ1v) is 9.73. The number of hydrogen-bond donors (Lipinski definition) is 2. The fourth-order valence-corrected chi connectivity index (χ4v) is 3.44. The van der Waals surface area contributed by atoms with Gasteiger partial charge in [0.2, 0.25) is 5.91 Å². The topological polar surface area (TPSA) is 74.6 Å². The van der Waals surface area contributed by atoms with Gasteiger partial charge in [0.1, 0.15) is 5.76 Å². The smallest absolute Gasteiger partial charge is 0.251 e. The van der Waals surface area contributed by atoms with E-state index >= 15 is 0 Å². The van der Waals surface area contributed by atoms with E-state index in [1.165, 1.54) is 25.3 Å². The van der Waals surface area contributed by atoms with E-state index in [9.17, 15) is 9.59 Å². The van der Waals surface area contributed by atoms with Crippen LogP contribution in [0.25, 0.3) is 6.08 Å². The summed E-state index contributed by atoms with van der Waals surface area (Å²) in [5.41, 5.74) is 1.45. The molecule has 1 fully saturated rings. The number of benzene rings is 1. The first-order valence-electron chi connectivity index (χ1n) is 9.73. The third-order valence-corrected chi connectivity index (χ3v) is 5.00. The Morgan fingerprint density at radius 1 is 1.14 bits per heavy atom. The molecule has 0 radical (unpaired) electrons. The monoisotopic (exact) mass is 381 g/mol. The summed E-state index contributed by atoms with van der Waals surface area (Å²) in [4.78, 5) is 26.2. The first-order chi connectivity index (χ1) is 13.7. The van der Waals surface area contributed by atoms with Crippen molar-refractivity contribution in [3.8, 4) is 0 Å². The maximum atomic E-state index is 12.3. The van der Waals surface area contributed by atoms with Crippen LogP contribution in [0.4, 0.5) is 0 Å². The lowest BCUT2D eigenvalue weighted by Gasteiger charge is -2.33. The lowest BCUT2D eigenvalue weighted by Crippen LogP contribution is -2.40. The van der Waals surface area contributed by atoms with Crippen molar-refractivity contribution in [1.82, 2.24) is 15.5 Å². The third kappa shape index (κ3) is 5.33. The van der Waals surface area contributed by atoms with E-state index in [4.69, 9.17) is 4.42 Å². The van der Waals surface area contributed by atoms with Gasteiger partial charge in [0, 0.05) is 25.2 Å². The van der Waals surface area contributed by atoms with Crippen LogP contribution < -0.4 is 10.6 Å². The second-order valence-corrected chi connectivity index (χ2v) is 6.91. The number of hydrogen-bond acceptors (Lipinski definition) is 4. The molecule has 2 amide bonds. The molecule has 1 unspecified atom stereocenters. The SMILES string of the molecule is CNC(=O)c1ccc(/C=C/C(=O)NCC(c2ccco2)N2CCCCC2)cc1. The molecule has 6 heteroatoms. The standard InChI is InChI=1S/C22H27N3O3/c1-23-22(27)18-10-7-17(8-11-18)9-12-21(26)24-16-19(20-6-5-15-28-20)25-13-3-2-4-14-25/h5-12,15,19H,2-4,13-14,16H2,1H3,(H,23,27)(H,24,26)/b12-9+. The summed E-state index contributed by atoms with van der Waals surface area (Å²) in [6.07, 6.45) is 8.55. The van der Waals surface area contributed by atoms with Crippen LogP contribution >= 0.6 is 0 Å². The Morgan fingerprint density at radius 3 is 2.54 bits per heavy atom. The minimum atomic E-state index is -0.149. The van der Waals surface area contributed by atoms with Gasteiger partial charge in [-0.2, -0.15) is 0 Å². The van der Waals surface area contributed by atoms with Gasteiger partial charge in [-0.05, 0) is 61.8 Å². The molecule has 3 rings (SSSR count). The van der Waals surface area contributed by atoms with E-state index in [1.807, 2.05) is 24.3 Å². The van der Waals surface area contributed by atoms with Crippen molar-refractivity contribution in [2.75, 3.05) is 26.7 Å². The van der Waals surface area contributed by atoms with Crippen molar-refractivity contribution in [3.05, 3.63) is 65.6 Å². The number of carbonyl (C=O) groups excluding carboxylic acids is 2. The molecule has 2 N–H and O–H groups in total. The summed E-state index contributed by atoms with van der Waals surface area (Å²) in [7, 11) is 1.60. The molecule has 6 nitrogen and oxygen atoms in total. The van der Waals surface area contributed by atoms with Crippen LogP contribution in [0.2, 0.25) is 0 Å². The van der Waals surface area contributed by atoms with Crippen LogP contribution in [0.15, 0.2) is 53.2 Å². The fraction of sp³-hybridized carbons (Fsp3) is 0.364. The molecular formula is C22H27N3O3. The van der Waals surface area contributed by atoms with Crippen LogP contribution in [-0.2, 0) is 4.79 Å². The number of amides is 2. The summed E-state index contributed by atoms with van der Waals surface area (Å²) >= 11 is 0. The molecule has 148 valence electrons. The van der Waals surface area contributed by atoms with E-state index in [-0.39, 0.29) is 17.9 Å². The Bertz CT molecular complexity index is 791. The molecule has 28 heavy (non-hydrogen) atoms. The second-order valence-electron chi connectivity index (χ2n) is 6.91. The zero-order valence-electron chi connectivity index (χ0n) is 16.2. The summed E-state index contributed by atoms with van der Waals surface area (Å²) in [5, 5.41) is 5.57. The molecule has 1 aromatic carbocycles. The zero-order valence-corrected chi connectivity index (χ0v) is 16.2. The van der Waals surface area contributed by atoms with Gasteiger partial charge in [0.25, 0.3) is 5.91 Å². The Labute approximate surface area is 165 Å². The van der Waals surface area contributed by atoms with Crippen molar-refractivity contribution in [1.29, 1.82) is 0 Å². The number of nitrogens with one attached hydrogen (secondary N) is 2. The van der Waals surface area contributed by atoms with Crippen molar-refractivity contribution in [3.63, 3.8) is 0 Å². The number of likely N-dealkylation sites (tertiary alicyclic amines) is 1. The molecule has 1 saturated heterocycles. The van der Waals surface area contributed by atoms with E-state index in [0.29, 0.717) is 12.1 Å². The molecule has 0 spiro atoms. The van der Waals surface area contributed by atoms with Crippen LogP contribution in [0.3, 0.4) is 0 Å². The Morgan fingerprint density at radius 2 is 1.89 bits per heavy atom. The lowest BCUT2D eigenvalue weighted by atomic mass is 10.1. The highest BCUT2D eigenvalue weighted by Crippen LogP contribution is 2.24. The number of nitrogens with zero attached hydrogens (tertiary/aromatic N) is 1. The van der Waals surface area contributed by atoms with Crippen LogP contribution in [0.5, 0.6) is 0 Å². The number of carbonyl (C=O) groups is 2. The third-order valence-electron chi connectivity index (χ3n) is 5.00. The largest absolute Gasteiger partial charge is 0.468 e. The predicted molar refractivity (Wildman–Crippen MR) is 109 cm³/mol. The predicted octanol–water partition coefficient (Wildman–Crippen LogP) is 3.00. The van der Waals surface area contributed by atoms with Gasteiger partial charge in [-0.25, -0.2) is 0 Å². The van der Waals surface area contributed by atoms with E-state index < -0.39 is 0 Å². The number of piperidine rings is 1. The number of furan rings is 1. The van der Waals surface area contributed by atoms with Gasteiger partial charge in [0.15, 0.2) is 0 Å². The second kappa shape index (κ2) is 9.90. The summed E-state index contributed by atoms with van der Waals surface area (Å²) in [6, 6.07) is 11.0. The van der Waals surface area contributed by atoms with E-state index in [2.05, 4.69) is 15.5 Å². The fourth-order valence-electron chi connectivity index (χ4n) is 3.44. The van der Waals surface area contributed by atoms with Gasteiger partial charge in [-0.15, -0.1) is 0 Å². The minimum absolute atomic E-state index is 0.0551. The Hall–Kier alpha value is -2.86. The molecule has 0 saturated carbocycles. The highest BCUT2D eigenvalue weighted by atomic mass is 16.3. The van der Waals surface area contributed by atoms with Crippen molar-refractivity contribution in [2.45, 2.75) is 25.3 Å². The van der Waals surface area contributed by atoms with Crippen LogP contribution in [0.1, 0.15) is 47.0 Å². The molecule has 1 aliphatic rings. The van der Waals surface area contributed by atoms with E-state index in [0.717, 1.165) is 24.4 Å². The Balaban J connectivity index is 1.57. The number of rotatable bonds is 7. The first kappa shape index (κ1) is 19.9. The lowest BCUT2D eigenvalue weighted by molar-refractivity contribution is -0.116. The molecule has 0 aliphatic carbocycles. The van der Waals surface area contributed by atoms with Crippen molar-refractivity contribution >= 4 is 17.9 Å². The molecule has 2 heterocycles. The average Bonchev–Trinajstić information content (AvgIpc) is 3.27. The normalized spacial score (nSPS) is 16.0. The van der Waals surface area contributed by atoms with Crippen molar-refractivity contribution in [2.24, 2.45) is 0 Å². The van der Waals surface area contributed by atoms with Crippen LogP contribution in [0, 0.1) is 0 Å². The zero-order chi connectivity index (χ0) is 19.8. The van der Waals surface area contributed by atoms with Crippen molar-refractivity contribution < 1.29 is 14.0 Å². The maximum absolute atomic E-state index is 12.3. The van der Waals surface area contributed by atoms with Gasteiger partial charge in [-0.1, -0.05) is 18.6 Å². The highest BCUT2D eigenvalue weighted by Gasteiger charge is 2.24. The van der Waals surface area contributed by atoms with Gasteiger partial charge in [-0.3, -0.25) is 14.5 Å². The molecule has 1 aromatic heterocycles. The molecular weight excluding hydrogens is 354 g/mol. The maximum Gasteiger partial charge on any atom is 0.251 e. The average molecular weight is 381 g/mol. The van der Waals surface area contributed by atoms with E-state index in [1.54, 1.807) is 31.5 Å². The quantitative estimate of drug-likeness (QED) is 0.723. The minimum Gasteiger partial charge on any atom is -0.468 e. The molecule has 2 aromatic rings. The molecule has 1 aliphatic heterocycles. The summed E-state index contributed by atoms with van der Waals surface area (Å²) in [6.45, 7) is 2.55. The summed E-state index contributed by atoms with van der Waals surface area (Å²) < 4.78 is 5.61. The van der Waals surface area contributed by atoms with Gasteiger partial charge >= 0.3 is 0 Å². The van der Waals surface area contributed by atoms with Crippen LogP contribution in [-0.4, -0.2) is 43.4 Å². The molecule has 0 bridgehead atoms. The summed E-state index contributed by atoms with van der Waals surface area (Å²) in [5.74, 6) is 0.606. The Kier molecular flexibility index (Phi) is 7.03. The molecule has 1 atom stereocenters.